The van der Waals surface area contributed by atoms with Crippen molar-refractivity contribution in [1.29, 1.82) is 0 Å². The highest BCUT2D eigenvalue weighted by atomic mass is 16.3. The second-order valence-electron chi connectivity index (χ2n) is 6.71. The predicted octanol–water partition coefficient (Wildman–Crippen LogP) is 6.67. The molecule has 0 radical (unpaired) electrons. The van der Waals surface area contributed by atoms with Crippen LogP contribution in [0.1, 0.15) is 36.1 Å². The van der Waals surface area contributed by atoms with E-state index in [4.69, 9.17) is 0 Å². The number of rotatable bonds is 3. The van der Waals surface area contributed by atoms with Gasteiger partial charge in [-0.15, -0.1) is 0 Å². The van der Waals surface area contributed by atoms with Crippen LogP contribution in [0.2, 0.25) is 0 Å². The van der Waals surface area contributed by atoms with Gasteiger partial charge in [0.2, 0.25) is 0 Å². The van der Waals surface area contributed by atoms with Crippen molar-refractivity contribution in [3.63, 3.8) is 0 Å². The van der Waals surface area contributed by atoms with E-state index >= 15 is 0 Å². The van der Waals surface area contributed by atoms with E-state index < -0.39 is 0 Å². The molecule has 126 valence electrons. The number of phenolic OH excluding ortho intramolecular Hbond substituents is 1. The molecule has 25 heavy (non-hydrogen) atoms. The Hall–Kier alpha value is -2.80. The SMILES string of the molecule is C/C(=C\C=C(/C)c1ccc2c(C)ccc(C)c2c1)c1ccc(O)cc1. The summed E-state index contributed by atoms with van der Waals surface area (Å²) in [5.74, 6) is 0.296. The third-order valence-electron chi connectivity index (χ3n) is 4.81. The Kier molecular flexibility index (Phi) is 4.76. The largest absolute Gasteiger partial charge is 0.508 e. The van der Waals surface area contributed by atoms with E-state index in [1.54, 1.807) is 12.1 Å². The third kappa shape index (κ3) is 3.66. The van der Waals surface area contributed by atoms with Crippen LogP contribution >= 0.6 is 0 Å². The van der Waals surface area contributed by atoms with Gasteiger partial charge in [0.1, 0.15) is 5.75 Å². The van der Waals surface area contributed by atoms with Crippen LogP contribution in [0.15, 0.2) is 66.7 Å². The first-order valence-electron chi connectivity index (χ1n) is 8.60. The van der Waals surface area contributed by atoms with E-state index in [1.807, 2.05) is 12.1 Å². The van der Waals surface area contributed by atoms with E-state index in [0.29, 0.717) is 5.75 Å². The highest BCUT2D eigenvalue weighted by Crippen LogP contribution is 2.26. The zero-order valence-corrected chi connectivity index (χ0v) is 15.3. The molecule has 0 bridgehead atoms. The van der Waals surface area contributed by atoms with E-state index in [0.717, 1.165) is 5.56 Å². The Balaban J connectivity index is 1.94. The summed E-state index contributed by atoms with van der Waals surface area (Å²) in [5, 5.41) is 12.1. The maximum Gasteiger partial charge on any atom is 0.115 e. The Morgan fingerprint density at radius 3 is 1.84 bits per heavy atom. The molecule has 0 amide bonds. The summed E-state index contributed by atoms with van der Waals surface area (Å²) in [7, 11) is 0. The fraction of sp³-hybridized carbons (Fsp3) is 0.167. The number of phenols is 1. The van der Waals surface area contributed by atoms with Crippen LogP contribution in [0, 0.1) is 13.8 Å². The van der Waals surface area contributed by atoms with Crippen LogP contribution in [0.25, 0.3) is 21.9 Å². The lowest BCUT2D eigenvalue weighted by atomic mass is 9.96. The molecule has 1 heteroatoms. The number of fused-ring (bicyclic) bond motifs is 1. The Morgan fingerprint density at radius 1 is 0.680 bits per heavy atom. The molecule has 3 rings (SSSR count). The summed E-state index contributed by atoms with van der Waals surface area (Å²) >= 11 is 0. The Morgan fingerprint density at radius 2 is 1.20 bits per heavy atom. The molecule has 0 aromatic heterocycles. The molecule has 0 atom stereocenters. The molecular formula is C24H24O. The molecule has 0 aliphatic carbocycles. The highest BCUT2D eigenvalue weighted by molar-refractivity contribution is 5.91. The lowest BCUT2D eigenvalue weighted by Gasteiger charge is -2.09. The van der Waals surface area contributed by atoms with Crippen molar-refractivity contribution in [2.75, 3.05) is 0 Å². The molecule has 0 saturated heterocycles. The van der Waals surface area contributed by atoms with Crippen LogP contribution in [0.4, 0.5) is 0 Å². The second kappa shape index (κ2) is 6.98. The highest BCUT2D eigenvalue weighted by Gasteiger charge is 2.03. The maximum atomic E-state index is 9.40. The van der Waals surface area contributed by atoms with E-state index in [-0.39, 0.29) is 0 Å². The quantitative estimate of drug-likeness (QED) is 0.532. The number of hydrogen-bond donors (Lipinski definition) is 1. The van der Waals surface area contributed by atoms with Gasteiger partial charge in [-0.05, 0) is 90.1 Å². The fourth-order valence-corrected chi connectivity index (χ4v) is 3.06. The normalized spacial score (nSPS) is 12.6. The van der Waals surface area contributed by atoms with Crippen molar-refractivity contribution < 1.29 is 5.11 Å². The molecule has 0 aliphatic heterocycles. The van der Waals surface area contributed by atoms with Crippen molar-refractivity contribution >= 4 is 21.9 Å². The van der Waals surface area contributed by atoms with Gasteiger partial charge in [-0.3, -0.25) is 0 Å². The molecule has 0 aliphatic rings. The minimum Gasteiger partial charge on any atom is -0.508 e. The van der Waals surface area contributed by atoms with Gasteiger partial charge in [0.25, 0.3) is 0 Å². The molecule has 0 fully saturated rings. The molecular weight excluding hydrogens is 304 g/mol. The molecule has 3 aromatic carbocycles. The van der Waals surface area contributed by atoms with E-state index in [2.05, 4.69) is 70.2 Å². The number of benzene rings is 3. The molecule has 0 saturated carbocycles. The van der Waals surface area contributed by atoms with Gasteiger partial charge in [-0.1, -0.05) is 48.6 Å². The average molecular weight is 328 g/mol. The molecule has 1 N–H and O–H groups in total. The zero-order chi connectivity index (χ0) is 18.0. The van der Waals surface area contributed by atoms with Gasteiger partial charge >= 0.3 is 0 Å². The number of aromatic hydroxyl groups is 1. The van der Waals surface area contributed by atoms with Crippen LogP contribution in [-0.2, 0) is 0 Å². The predicted molar refractivity (Wildman–Crippen MR) is 109 cm³/mol. The van der Waals surface area contributed by atoms with Gasteiger partial charge in [-0.25, -0.2) is 0 Å². The fourth-order valence-electron chi connectivity index (χ4n) is 3.06. The molecule has 0 spiro atoms. The average Bonchev–Trinajstić information content (AvgIpc) is 2.63. The topological polar surface area (TPSA) is 20.2 Å². The minimum absolute atomic E-state index is 0.296. The number of hydrogen-bond acceptors (Lipinski definition) is 1. The van der Waals surface area contributed by atoms with Crippen molar-refractivity contribution in [2.24, 2.45) is 0 Å². The first-order chi connectivity index (χ1) is 12.0. The standard InChI is InChI=1S/C24H24O/c1-16(20-9-12-22(25)13-10-20)5-6-17(2)21-11-14-23-18(3)7-8-19(4)24(23)15-21/h5-15,25H,1-4H3/b16-5+,17-6+. The molecule has 3 aromatic rings. The van der Waals surface area contributed by atoms with Crippen molar-refractivity contribution in [3.05, 3.63) is 89.0 Å². The van der Waals surface area contributed by atoms with E-state index in [9.17, 15) is 5.11 Å². The van der Waals surface area contributed by atoms with Crippen molar-refractivity contribution in [1.82, 2.24) is 0 Å². The van der Waals surface area contributed by atoms with Gasteiger partial charge < -0.3 is 5.11 Å². The summed E-state index contributed by atoms with van der Waals surface area (Å²) < 4.78 is 0. The Labute approximate surface area is 150 Å². The minimum atomic E-state index is 0.296. The van der Waals surface area contributed by atoms with Crippen LogP contribution in [-0.4, -0.2) is 5.11 Å². The summed E-state index contributed by atoms with van der Waals surface area (Å²) in [5.41, 5.74) is 7.40. The number of allylic oxidation sites excluding steroid dienone is 4. The van der Waals surface area contributed by atoms with Crippen molar-refractivity contribution in [3.8, 4) is 5.75 Å². The third-order valence-corrected chi connectivity index (χ3v) is 4.81. The zero-order valence-electron chi connectivity index (χ0n) is 15.3. The Bertz CT molecular complexity index is 973. The second-order valence-corrected chi connectivity index (χ2v) is 6.71. The van der Waals surface area contributed by atoms with Gasteiger partial charge in [-0.2, -0.15) is 0 Å². The number of aryl methyl sites for hydroxylation is 2. The summed E-state index contributed by atoms with van der Waals surface area (Å²) in [6.45, 7) is 8.56. The van der Waals surface area contributed by atoms with Crippen molar-refractivity contribution in [2.45, 2.75) is 27.7 Å². The van der Waals surface area contributed by atoms with Crippen LogP contribution in [0.5, 0.6) is 5.75 Å². The first-order valence-corrected chi connectivity index (χ1v) is 8.60. The maximum absolute atomic E-state index is 9.40. The van der Waals surface area contributed by atoms with E-state index in [1.165, 1.54) is 38.6 Å². The first kappa shape index (κ1) is 17.0. The molecule has 0 unspecified atom stereocenters. The van der Waals surface area contributed by atoms with Crippen LogP contribution in [0.3, 0.4) is 0 Å². The summed E-state index contributed by atoms with van der Waals surface area (Å²) in [6.07, 6.45) is 4.30. The van der Waals surface area contributed by atoms with Gasteiger partial charge in [0.05, 0.1) is 0 Å². The van der Waals surface area contributed by atoms with Gasteiger partial charge in [0, 0.05) is 0 Å². The molecule has 1 nitrogen and oxygen atoms in total. The van der Waals surface area contributed by atoms with Gasteiger partial charge in [0.15, 0.2) is 0 Å². The summed E-state index contributed by atoms with van der Waals surface area (Å²) in [6, 6.07) is 18.4. The molecule has 0 heterocycles. The lowest BCUT2D eigenvalue weighted by Crippen LogP contribution is -1.86. The summed E-state index contributed by atoms with van der Waals surface area (Å²) in [4.78, 5) is 0. The van der Waals surface area contributed by atoms with Crippen LogP contribution < -0.4 is 0 Å². The smallest absolute Gasteiger partial charge is 0.115 e. The lowest BCUT2D eigenvalue weighted by molar-refractivity contribution is 0.475. The monoisotopic (exact) mass is 328 g/mol.